The summed E-state index contributed by atoms with van der Waals surface area (Å²) in [5.41, 5.74) is 1.23. The summed E-state index contributed by atoms with van der Waals surface area (Å²) in [5, 5.41) is 15.5. The average Bonchev–Trinajstić information content (AvgIpc) is 3.94. The van der Waals surface area contributed by atoms with E-state index < -0.39 is 69.1 Å². The Morgan fingerprint density at radius 3 is 2.33 bits per heavy atom. The summed E-state index contributed by atoms with van der Waals surface area (Å²) in [6, 6.07) is 3.64. The van der Waals surface area contributed by atoms with Crippen molar-refractivity contribution in [3.8, 4) is 11.6 Å². The molecule has 3 aliphatic rings. The first-order chi connectivity index (χ1) is 31.1. The molecule has 1 aromatic carbocycles. The normalized spacial score (nSPS) is 18.4. The summed E-state index contributed by atoms with van der Waals surface area (Å²) in [6.45, 7) is 17.3. The highest BCUT2D eigenvalue weighted by Gasteiger charge is 2.47. The fourth-order valence-electron chi connectivity index (χ4n) is 8.02. The molecule has 5 amide bonds. The molecule has 0 radical (unpaired) electrons. The molecule has 3 heterocycles. The van der Waals surface area contributed by atoms with Crippen LogP contribution >= 0.6 is 0 Å². The van der Waals surface area contributed by atoms with Gasteiger partial charge < -0.3 is 39.8 Å². The van der Waals surface area contributed by atoms with Crippen molar-refractivity contribution >= 4 is 50.8 Å². The molecule has 2 saturated heterocycles. The molecule has 66 heavy (non-hydrogen) atoms. The number of para-hydroxylation sites is 1. The second-order valence-electron chi connectivity index (χ2n) is 19.7. The number of allylic oxidation sites excluding steroid dienone is 2. The minimum atomic E-state index is -4.01. The Morgan fingerprint density at radius 1 is 0.985 bits per heavy atom. The number of carbonyl (C=O) groups is 5. The quantitative estimate of drug-likeness (QED) is 0.0721. The van der Waals surface area contributed by atoms with Crippen LogP contribution < -0.4 is 24.8 Å². The van der Waals surface area contributed by atoms with Gasteiger partial charge in [-0.3, -0.25) is 19.1 Å². The average molecular weight is 939 g/mol. The number of benzene rings is 1. The molecular weight excluding hydrogens is 869 g/mol. The number of likely N-dealkylation sites (tertiary alicyclic amines) is 2. The van der Waals surface area contributed by atoms with Gasteiger partial charge in [-0.05, 0) is 89.7 Å². The summed E-state index contributed by atoms with van der Waals surface area (Å²) >= 11 is 0. The Morgan fingerprint density at radius 2 is 1.70 bits per heavy atom. The van der Waals surface area contributed by atoms with Crippen LogP contribution in [0.2, 0.25) is 0 Å². The number of carbonyl (C=O) groups excluding carboxylic acids is 4. The molecule has 364 valence electrons. The lowest BCUT2D eigenvalue weighted by Crippen LogP contribution is -2.59. The van der Waals surface area contributed by atoms with Gasteiger partial charge in [0.1, 0.15) is 35.6 Å². The van der Waals surface area contributed by atoms with E-state index in [1.54, 1.807) is 25.7 Å². The molecule has 1 aromatic heterocycles. The predicted octanol–water partition coefficient (Wildman–Crippen LogP) is 6.64. The number of hydrogen-bond acceptors (Lipinski definition) is 11. The number of unbranched alkanes of at least 4 members (excludes halogenated alkanes) is 4. The van der Waals surface area contributed by atoms with Crippen molar-refractivity contribution in [2.24, 2.45) is 11.3 Å². The number of pyridine rings is 1. The number of carboxylic acid groups (broad SMARTS) is 1. The first kappa shape index (κ1) is 51.6. The lowest BCUT2D eigenvalue weighted by Gasteiger charge is -2.39. The zero-order valence-corrected chi connectivity index (χ0v) is 40.5. The van der Waals surface area contributed by atoms with E-state index in [4.69, 9.17) is 19.2 Å². The number of aromatic nitrogens is 1. The first-order valence-corrected chi connectivity index (χ1v) is 24.9. The lowest BCUT2D eigenvalue weighted by atomic mass is 9.85. The topological polar surface area (TPSA) is 223 Å². The van der Waals surface area contributed by atoms with Crippen LogP contribution in [0.3, 0.4) is 0 Å². The van der Waals surface area contributed by atoms with Crippen LogP contribution in [0.15, 0.2) is 48.6 Å². The molecule has 1 aliphatic carbocycles. The van der Waals surface area contributed by atoms with Gasteiger partial charge in [0.2, 0.25) is 27.7 Å². The number of hydrogen-bond donors (Lipinski definition) is 4. The van der Waals surface area contributed by atoms with Crippen LogP contribution in [0.1, 0.15) is 118 Å². The van der Waals surface area contributed by atoms with E-state index in [1.807, 2.05) is 52.0 Å². The zero-order chi connectivity index (χ0) is 48.4. The number of rotatable bonds is 22. The molecule has 3 fully saturated rings. The number of nitrogens with one attached hydrogen (secondary N) is 3. The fourth-order valence-corrected chi connectivity index (χ4v) is 9.15. The maximum Gasteiger partial charge on any atom is 0.410 e. The number of fused-ring (bicyclic) bond motifs is 1. The number of nitrogens with zero attached hydrogens (tertiary/aromatic N) is 3. The van der Waals surface area contributed by atoms with Gasteiger partial charge >= 0.3 is 12.2 Å². The third-order valence-corrected chi connectivity index (χ3v) is 13.0. The van der Waals surface area contributed by atoms with Gasteiger partial charge in [0, 0.05) is 30.8 Å². The van der Waals surface area contributed by atoms with E-state index >= 15 is 0 Å². The second-order valence-corrected chi connectivity index (χ2v) is 21.6. The van der Waals surface area contributed by atoms with Crippen LogP contribution in [0.25, 0.3) is 10.9 Å². The summed E-state index contributed by atoms with van der Waals surface area (Å²) in [6.07, 6.45) is 8.06. The lowest BCUT2D eigenvalue weighted by molar-refractivity contribution is -0.142. The molecule has 17 nitrogen and oxygen atoms in total. The van der Waals surface area contributed by atoms with Gasteiger partial charge in [-0.1, -0.05) is 70.4 Å². The standard InChI is InChI=1S/C48H70N6O11S/c1-9-11-17-25-66(61,62)52-41(55)37(18-10-2)49-42(56)38-26-33(29-54(38)44(57)40(47(3,4)5)51-45(58)59)64-43-35(21-14-12-13-19-31-23-24-31)39(34-20-15-16-22-36(34)50-43)63-30-32-27-53(28-32)46(60)65-48(6,7)8/h10,15-16,19-20,22,32-33,37-38,40,51H,2,9,11-14,17-18,21,23-30H2,1,3-8H3,(H,49,56)(H,52,55)(H,58,59)/t33?,37?,38-,40?/m0/s1. The third-order valence-electron chi connectivity index (χ3n) is 11.6. The van der Waals surface area contributed by atoms with Crippen LogP contribution in [0.5, 0.6) is 11.6 Å². The van der Waals surface area contributed by atoms with Gasteiger partial charge in [0.05, 0.1) is 30.0 Å². The molecule has 1 saturated carbocycles. The van der Waals surface area contributed by atoms with Crippen molar-refractivity contribution in [3.63, 3.8) is 0 Å². The van der Waals surface area contributed by atoms with Crippen LogP contribution in [-0.2, 0) is 35.6 Å². The Hall–Kier alpha value is -5.39. The zero-order valence-electron chi connectivity index (χ0n) is 39.7. The molecule has 4 atom stereocenters. The van der Waals surface area contributed by atoms with E-state index in [9.17, 15) is 37.5 Å². The maximum absolute atomic E-state index is 14.5. The van der Waals surface area contributed by atoms with E-state index in [0.717, 1.165) is 43.9 Å². The van der Waals surface area contributed by atoms with Gasteiger partial charge in [-0.2, -0.15) is 0 Å². The Balaban J connectivity index is 1.45. The minimum Gasteiger partial charge on any atom is -0.492 e. The second kappa shape index (κ2) is 22.4. The van der Waals surface area contributed by atoms with E-state index in [0.29, 0.717) is 55.8 Å². The van der Waals surface area contributed by atoms with Gasteiger partial charge in [0.25, 0.3) is 5.91 Å². The highest BCUT2D eigenvalue weighted by atomic mass is 32.2. The van der Waals surface area contributed by atoms with Gasteiger partial charge in [0.15, 0.2) is 0 Å². The Bertz CT molecular complexity index is 2220. The van der Waals surface area contributed by atoms with Crippen molar-refractivity contribution in [3.05, 3.63) is 54.1 Å². The first-order valence-electron chi connectivity index (χ1n) is 23.2. The highest BCUT2D eigenvalue weighted by molar-refractivity contribution is 7.90. The molecular formula is C48H70N6O11S. The van der Waals surface area contributed by atoms with Crippen molar-refractivity contribution in [1.29, 1.82) is 0 Å². The van der Waals surface area contributed by atoms with Gasteiger partial charge in [-0.15, -0.1) is 6.58 Å². The third kappa shape index (κ3) is 14.8. The highest BCUT2D eigenvalue weighted by Crippen LogP contribution is 2.39. The molecule has 3 unspecified atom stereocenters. The summed E-state index contributed by atoms with van der Waals surface area (Å²) < 4.78 is 46.6. The maximum atomic E-state index is 14.5. The van der Waals surface area contributed by atoms with Crippen molar-refractivity contribution in [1.82, 2.24) is 30.1 Å². The molecule has 5 rings (SSSR count). The summed E-state index contributed by atoms with van der Waals surface area (Å²) in [4.78, 5) is 74.8. The van der Waals surface area contributed by atoms with Crippen LogP contribution in [-0.4, -0.2) is 120 Å². The predicted molar refractivity (Wildman–Crippen MR) is 251 cm³/mol. The molecule has 18 heteroatoms. The van der Waals surface area contributed by atoms with Gasteiger partial charge in [-0.25, -0.2) is 23.0 Å². The molecule has 2 aromatic rings. The Labute approximate surface area is 389 Å². The number of amides is 5. The minimum absolute atomic E-state index is 0.0452. The van der Waals surface area contributed by atoms with E-state index in [2.05, 4.69) is 28.0 Å². The summed E-state index contributed by atoms with van der Waals surface area (Å²) in [5.74, 6) is -1.75. The largest absolute Gasteiger partial charge is 0.492 e. The molecule has 4 N–H and O–H groups in total. The van der Waals surface area contributed by atoms with E-state index in [1.165, 1.54) is 16.5 Å². The van der Waals surface area contributed by atoms with Crippen molar-refractivity contribution < 1.29 is 51.7 Å². The molecule has 2 aliphatic heterocycles. The van der Waals surface area contributed by atoms with Crippen molar-refractivity contribution in [2.45, 2.75) is 149 Å². The number of sulfonamides is 1. The monoisotopic (exact) mass is 938 g/mol. The fraction of sp³-hybridized carbons (Fsp3) is 0.625. The van der Waals surface area contributed by atoms with E-state index in [-0.39, 0.29) is 43.0 Å². The van der Waals surface area contributed by atoms with Crippen LogP contribution in [0.4, 0.5) is 9.59 Å². The number of ether oxygens (including phenoxy) is 3. The smallest absolute Gasteiger partial charge is 0.410 e. The molecule has 0 bridgehead atoms. The van der Waals surface area contributed by atoms with Crippen molar-refractivity contribution in [2.75, 3.05) is 32.0 Å². The summed E-state index contributed by atoms with van der Waals surface area (Å²) in [7, 11) is -4.01. The SMILES string of the molecule is C=CCC(NC(=O)[C@@H]1CC(Oc2nc3ccccc3c(OCC3CN(C(=O)OC(C)(C)C)C3)c2CCCCC=C2CC2)CN1C(=O)C(NC(=O)O)C(C)(C)C)C(=O)NS(=O)(=O)CCCCC. The molecule has 0 spiro atoms. The Kier molecular flexibility index (Phi) is 17.5. The van der Waals surface area contributed by atoms with Crippen LogP contribution in [0, 0.1) is 11.3 Å².